The van der Waals surface area contributed by atoms with Crippen LogP contribution in [0, 0.1) is 0 Å². The maximum Gasteiger partial charge on any atom is 0.334 e. The largest absolute Gasteiger partial charge is 0.494 e. The Morgan fingerprint density at radius 1 is 1.24 bits per heavy atom. The SMILES string of the molecule is CC(=O)c1ccc(OCCCC(=O)N2CC(C(=O)O)O[C@H](C)C2)cc1. The fourth-order valence-corrected chi connectivity index (χ4v) is 2.65. The molecule has 0 aromatic heterocycles. The summed E-state index contributed by atoms with van der Waals surface area (Å²) >= 11 is 0. The van der Waals surface area contributed by atoms with Crippen molar-refractivity contribution in [3.8, 4) is 5.75 Å². The number of carbonyl (C=O) groups is 3. The van der Waals surface area contributed by atoms with Crippen molar-refractivity contribution in [1.82, 2.24) is 4.90 Å². The van der Waals surface area contributed by atoms with Gasteiger partial charge in [0.25, 0.3) is 0 Å². The molecular formula is C18H23NO6. The third-order valence-electron chi connectivity index (χ3n) is 3.95. The molecule has 1 aliphatic rings. The Kier molecular flexibility index (Phi) is 6.52. The van der Waals surface area contributed by atoms with Gasteiger partial charge in [0.2, 0.25) is 5.91 Å². The van der Waals surface area contributed by atoms with Gasteiger partial charge in [0.15, 0.2) is 11.9 Å². The van der Waals surface area contributed by atoms with Crippen LogP contribution in [0.4, 0.5) is 0 Å². The minimum atomic E-state index is -1.05. The van der Waals surface area contributed by atoms with Gasteiger partial charge >= 0.3 is 5.97 Å². The number of carbonyl (C=O) groups excluding carboxylic acids is 2. The zero-order valence-corrected chi connectivity index (χ0v) is 14.4. The van der Waals surface area contributed by atoms with Gasteiger partial charge in [-0.15, -0.1) is 0 Å². The van der Waals surface area contributed by atoms with E-state index in [0.29, 0.717) is 30.9 Å². The summed E-state index contributed by atoms with van der Waals surface area (Å²) in [6.45, 7) is 4.10. The van der Waals surface area contributed by atoms with E-state index in [1.165, 1.54) is 11.8 Å². The molecule has 0 radical (unpaired) electrons. The van der Waals surface area contributed by atoms with Crippen LogP contribution in [-0.2, 0) is 14.3 Å². The van der Waals surface area contributed by atoms with Gasteiger partial charge in [-0.25, -0.2) is 4.79 Å². The second kappa shape index (κ2) is 8.62. The third kappa shape index (κ3) is 5.56. The highest BCUT2D eigenvalue weighted by atomic mass is 16.5. The number of nitrogens with zero attached hydrogens (tertiary/aromatic N) is 1. The van der Waals surface area contributed by atoms with Crippen molar-refractivity contribution in [3.63, 3.8) is 0 Å². The highest BCUT2D eigenvalue weighted by molar-refractivity contribution is 5.94. The van der Waals surface area contributed by atoms with E-state index in [2.05, 4.69) is 0 Å². The van der Waals surface area contributed by atoms with Crippen molar-refractivity contribution in [2.45, 2.75) is 38.9 Å². The summed E-state index contributed by atoms with van der Waals surface area (Å²) in [7, 11) is 0. The maximum absolute atomic E-state index is 12.2. The number of morpholine rings is 1. The van der Waals surface area contributed by atoms with Crippen LogP contribution in [0.5, 0.6) is 5.75 Å². The lowest BCUT2D eigenvalue weighted by molar-refractivity contribution is -0.166. The van der Waals surface area contributed by atoms with Gasteiger partial charge in [0.1, 0.15) is 5.75 Å². The summed E-state index contributed by atoms with van der Waals surface area (Å²) < 4.78 is 10.9. The van der Waals surface area contributed by atoms with Gasteiger partial charge < -0.3 is 19.5 Å². The van der Waals surface area contributed by atoms with E-state index >= 15 is 0 Å². The summed E-state index contributed by atoms with van der Waals surface area (Å²) in [5, 5.41) is 9.05. The van der Waals surface area contributed by atoms with Crippen LogP contribution >= 0.6 is 0 Å². The van der Waals surface area contributed by atoms with Gasteiger partial charge in [0, 0.05) is 18.5 Å². The minimum absolute atomic E-state index is 0.00319. The molecule has 7 nitrogen and oxygen atoms in total. The molecule has 136 valence electrons. The quantitative estimate of drug-likeness (QED) is 0.595. The van der Waals surface area contributed by atoms with Crippen molar-refractivity contribution < 1.29 is 29.0 Å². The first-order valence-corrected chi connectivity index (χ1v) is 8.26. The topological polar surface area (TPSA) is 93.1 Å². The highest BCUT2D eigenvalue weighted by Gasteiger charge is 2.32. The summed E-state index contributed by atoms with van der Waals surface area (Å²) in [6.07, 6.45) is -0.458. The molecule has 1 amide bonds. The number of amides is 1. The Morgan fingerprint density at radius 3 is 2.52 bits per heavy atom. The van der Waals surface area contributed by atoms with E-state index in [1.807, 2.05) is 0 Å². The summed E-state index contributed by atoms with van der Waals surface area (Å²) in [5.41, 5.74) is 0.622. The number of hydrogen-bond acceptors (Lipinski definition) is 5. The standard InChI is InChI=1S/C18H23NO6/c1-12-10-19(11-16(25-12)18(22)23)17(21)4-3-9-24-15-7-5-14(6-8-15)13(2)20/h5-8,12,16H,3-4,9-11H2,1-2H3,(H,22,23)/t12-,16?/m1/s1. The van der Waals surface area contributed by atoms with E-state index in [4.69, 9.17) is 14.6 Å². The second-order valence-corrected chi connectivity index (χ2v) is 6.10. The molecule has 2 atom stereocenters. The molecule has 25 heavy (non-hydrogen) atoms. The van der Waals surface area contributed by atoms with Crippen LogP contribution in [0.1, 0.15) is 37.0 Å². The zero-order valence-electron chi connectivity index (χ0n) is 14.4. The Morgan fingerprint density at radius 2 is 1.92 bits per heavy atom. The van der Waals surface area contributed by atoms with Crippen LogP contribution in [0.25, 0.3) is 0 Å². The lowest BCUT2D eigenvalue weighted by Gasteiger charge is -2.35. The fraction of sp³-hybridized carbons (Fsp3) is 0.500. The van der Waals surface area contributed by atoms with Gasteiger partial charge in [-0.2, -0.15) is 0 Å². The fourth-order valence-electron chi connectivity index (χ4n) is 2.65. The first-order valence-electron chi connectivity index (χ1n) is 8.26. The number of carboxylic acid groups (broad SMARTS) is 1. The molecule has 1 heterocycles. The van der Waals surface area contributed by atoms with Crippen molar-refractivity contribution in [2.75, 3.05) is 19.7 Å². The molecule has 1 fully saturated rings. The predicted octanol–water partition coefficient (Wildman–Crippen LogP) is 1.75. The maximum atomic E-state index is 12.2. The van der Waals surface area contributed by atoms with Crippen molar-refractivity contribution in [1.29, 1.82) is 0 Å². The molecule has 0 bridgehead atoms. The van der Waals surface area contributed by atoms with E-state index in [1.54, 1.807) is 31.2 Å². The lowest BCUT2D eigenvalue weighted by Crippen LogP contribution is -2.51. The van der Waals surface area contributed by atoms with Crippen molar-refractivity contribution in [2.24, 2.45) is 0 Å². The third-order valence-corrected chi connectivity index (χ3v) is 3.95. The van der Waals surface area contributed by atoms with Gasteiger partial charge in [0.05, 0.1) is 19.3 Å². The molecule has 1 aromatic rings. The van der Waals surface area contributed by atoms with E-state index in [-0.39, 0.29) is 30.8 Å². The van der Waals surface area contributed by atoms with Crippen LogP contribution in [0.15, 0.2) is 24.3 Å². The Labute approximate surface area is 146 Å². The molecule has 7 heteroatoms. The number of hydrogen-bond donors (Lipinski definition) is 1. The smallest absolute Gasteiger partial charge is 0.334 e. The highest BCUT2D eigenvalue weighted by Crippen LogP contribution is 2.15. The average molecular weight is 349 g/mol. The van der Waals surface area contributed by atoms with Gasteiger partial charge in [-0.3, -0.25) is 9.59 Å². The number of benzene rings is 1. The zero-order chi connectivity index (χ0) is 18.4. The van der Waals surface area contributed by atoms with Crippen LogP contribution in [0.3, 0.4) is 0 Å². The Hall–Kier alpha value is -2.41. The molecule has 0 saturated carbocycles. The normalized spacial score (nSPS) is 20.2. The average Bonchev–Trinajstić information content (AvgIpc) is 2.58. The van der Waals surface area contributed by atoms with Crippen LogP contribution in [0.2, 0.25) is 0 Å². The monoisotopic (exact) mass is 349 g/mol. The predicted molar refractivity (Wildman–Crippen MR) is 89.7 cm³/mol. The summed E-state index contributed by atoms with van der Waals surface area (Å²) in [6, 6.07) is 6.84. The number of ether oxygens (including phenoxy) is 2. The Balaban J connectivity index is 1.74. The first kappa shape index (κ1) is 18.9. The summed E-state index contributed by atoms with van der Waals surface area (Å²) in [5.74, 6) is -0.515. The number of aliphatic carboxylic acids is 1. The first-order chi connectivity index (χ1) is 11.9. The van der Waals surface area contributed by atoms with E-state index < -0.39 is 12.1 Å². The van der Waals surface area contributed by atoms with Crippen molar-refractivity contribution in [3.05, 3.63) is 29.8 Å². The van der Waals surface area contributed by atoms with Gasteiger partial charge in [-0.1, -0.05) is 0 Å². The molecule has 1 saturated heterocycles. The Bertz CT molecular complexity index is 627. The molecule has 2 rings (SSSR count). The number of rotatable bonds is 7. The summed E-state index contributed by atoms with van der Waals surface area (Å²) in [4.78, 5) is 36.0. The number of Topliss-reactive ketones (excluding diaryl/α,β-unsaturated/α-hetero) is 1. The molecule has 1 aliphatic heterocycles. The van der Waals surface area contributed by atoms with Crippen LogP contribution < -0.4 is 4.74 Å². The van der Waals surface area contributed by atoms with E-state index in [9.17, 15) is 14.4 Å². The molecule has 1 unspecified atom stereocenters. The molecule has 1 N–H and O–H groups in total. The molecule has 0 aliphatic carbocycles. The lowest BCUT2D eigenvalue weighted by atomic mass is 10.1. The second-order valence-electron chi connectivity index (χ2n) is 6.10. The van der Waals surface area contributed by atoms with Gasteiger partial charge in [-0.05, 0) is 44.5 Å². The van der Waals surface area contributed by atoms with Crippen LogP contribution in [-0.4, -0.2) is 59.6 Å². The van der Waals surface area contributed by atoms with Crippen molar-refractivity contribution >= 4 is 17.7 Å². The number of ketones is 1. The molecule has 1 aromatic carbocycles. The van der Waals surface area contributed by atoms with E-state index in [0.717, 1.165) is 0 Å². The molecule has 0 spiro atoms. The minimum Gasteiger partial charge on any atom is -0.494 e. The number of carboxylic acids is 1. The molecular weight excluding hydrogens is 326 g/mol.